The number of benzene rings is 1. The fourth-order valence-corrected chi connectivity index (χ4v) is 2.59. The molecule has 1 aliphatic rings. The number of amides is 1. The van der Waals surface area contributed by atoms with Crippen LogP contribution in [-0.4, -0.2) is 35.0 Å². The van der Waals surface area contributed by atoms with E-state index in [1.54, 1.807) is 6.07 Å². The number of aliphatic carboxylic acids is 1. The van der Waals surface area contributed by atoms with Crippen LogP contribution >= 0.6 is 0 Å². The molecule has 0 unspecified atom stereocenters. The summed E-state index contributed by atoms with van der Waals surface area (Å²) < 4.78 is 0. The molecular formula is C17H21NO3. The minimum absolute atomic E-state index is 0.0376. The highest BCUT2D eigenvalue weighted by Crippen LogP contribution is 2.19. The molecule has 0 aliphatic carbocycles. The summed E-state index contributed by atoms with van der Waals surface area (Å²) in [7, 11) is 0. The molecule has 4 heteroatoms. The quantitative estimate of drug-likeness (QED) is 0.870. The number of carboxylic acids is 1. The Hall–Kier alpha value is -2.10. The molecule has 0 spiro atoms. The Morgan fingerprint density at radius 3 is 2.52 bits per heavy atom. The van der Waals surface area contributed by atoms with Gasteiger partial charge in [0.15, 0.2) is 0 Å². The molecule has 21 heavy (non-hydrogen) atoms. The monoisotopic (exact) mass is 287 g/mol. The molecule has 1 aliphatic heterocycles. The van der Waals surface area contributed by atoms with E-state index in [0.29, 0.717) is 11.5 Å². The van der Waals surface area contributed by atoms with Crippen LogP contribution in [0.2, 0.25) is 0 Å². The zero-order chi connectivity index (χ0) is 15.4. The number of hydrogen-bond donors (Lipinski definition) is 1. The van der Waals surface area contributed by atoms with E-state index in [0.717, 1.165) is 43.1 Å². The molecule has 1 aromatic rings. The van der Waals surface area contributed by atoms with Crippen molar-refractivity contribution in [3.63, 3.8) is 0 Å². The van der Waals surface area contributed by atoms with E-state index in [9.17, 15) is 9.59 Å². The van der Waals surface area contributed by atoms with Gasteiger partial charge in [-0.15, -0.1) is 0 Å². The van der Waals surface area contributed by atoms with E-state index < -0.39 is 5.97 Å². The summed E-state index contributed by atoms with van der Waals surface area (Å²) >= 11 is 0. The summed E-state index contributed by atoms with van der Waals surface area (Å²) in [5.41, 5.74) is 2.33. The number of rotatable bonds is 3. The largest absolute Gasteiger partial charge is 0.478 e. The molecule has 112 valence electrons. The van der Waals surface area contributed by atoms with Crippen LogP contribution < -0.4 is 0 Å². The highest BCUT2D eigenvalue weighted by molar-refractivity contribution is 5.95. The number of aryl methyl sites for hydroxylation is 1. The fraction of sp³-hybridized carbons (Fsp3) is 0.412. The molecule has 0 atom stereocenters. The number of carboxylic acid groups (broad SMARTS) is 1. The van der Waals surface area contributed by atoms with Gasteiger partial charge in [-0.1, -0.05) is 13.0 Å². The average Bonchev–Trinajstić information content (AvgIpc) is 2.44. The standard InChI is InChI=1S/C17H21NO3/c1-12-5-7-18(8-6-12)17(21)15-10-13(2)9-14(11-15)3-4-16(19)20/h3-4,9-12H,5-8H2,1-2H3,(H,19,20)/b4-3+. The van der Waals surface area contributed by atoms with Gasteiger partial charge < -0.3 is 10.0 Å². The highest BCUT2D eigenvalue weighted by Gasteiger charge is 2.21. The minimum atomic E-state index is -0.991. The van der Waals surface area contributed by atoms with E-state index in [4.69, 9.17) is 5.11 Å². The van der Waals surface area contributed by atoms with Gasteiger partial charge >= 0.3 is 5.97 Å². The second-order valence-electron chi connectivity index (χ2n) is 5.78. The lowest BCUT2D eigenvalue weighted by atomic mass is 9.98. The van der Waals surface area contributed by atoms with Crippen LogP contribution in [0.4, 0.5) is 0 Å². The Kier molecular flexibility index (Phi) is 4.78. The maximum atomic E-state index is 12.5. The zero-order valence-corrected chi connectivity index (χ0v) is 12.5. The zero-order valence-electron chi connectivity index (χ0n) is 12.5. The number of carbonyl (C=O) groups is 2. The van der Waals surface area contributed by atoms with Gasteiger partial charge in [-0.05, 0) is 55.0 Å². The van der Waals surface area contributed by atoms with Crippen molar-refractivity contribution in [3.05, 3.63) is 41.0 Å². The first-order valence-electron chi connectivity index (χ1n) is 7.27. The number of piperidine rings is 1. The molecule has 1 saturated heterocycles. The third kappa shape index (κ3) is 4.18. The van der Waals surface area contributed by atoms with Crippen LogP contribution in [-0.2, 0) is 4.79 Å². The Morgan fingerprint density at radius 1 is 1.24 bits per heavy atom. The summed E-state index contributed by atoms with van der Waals surface area (Å²) in [6.45, 7) is 5.72. The second-order valence-corrected chi connectivity index (χ2v) is 5.78. The average molecular weight is 287 g/mol. The molecule has 1 amide bonds. The smallest absolute Gasteiger partial charge is 0.328 e. The third-order valence-electron chi connectivity index (χ3n) is 3.84. The van der Waals surface area contributed by atoms with Gasteiger partial charge in [0.2, 0.25) is 0 Å². The van der Waals surface area contributed by atoms with Crippen molar-refractivity contribution in [2.45, 2.75) is 26.7 Å². The van der Waals surface area contributed by atoms with Crippen LogP contribution in [0.25, 0.3) is 6.08 Å². The molecule has 1 aromatic carbocycles. The van der Waals surface area contributed by atoms with Gasteiger partial charge in [-0.3, -0.25) is 4.79 Å². The van der Waals surface area contributed by atoms with E-state index in [2.05, 4.69) is 6.92 Å². The van der Waals surface area contributed by atoms with Gasteiger partial charge in [0.05, 0.1) is 0 Å². The first-order valence-corrected chi connectivity index (χ1v) is 7.27. The molecule has 0 bridgehead atoms. The number of likely N-dealkylation sites (tertiary alicyclic amines) is 1. The van der Waals surface area contributed by atoms with E-state index in [1.807, 2.05) is 24.0 Å². The summed E-state index contributed by atoms with van der Waals surface area (Å²) in [4.78, 5) is 25.0. The number of hydrogen-bond acceptors (Lipinski definition) is 2. The molecule has 1 heterocycles. The summed E-state index contributed by atoms with van der Waals surface area (Å²) in [6.07, 6.45) is 4.70. The minimum Gasteiger partial charge on any atom is -0.478 e. The van der Waals surface area contributed by atoms with Crippen LogP contribution in [0.3, 0.4) is 0 Å². The molecule has 2 rings (SSSR count). The molecule has 4 nitrogen and oxygen atoms in total. The lowest BCUT2D eigenvalue weighted by molar-refractivity contribution is -0.131. The van der Waals surface area contributed by atoms with Crippen LogP contribution in [0.5, 0.6) is 0 Å². The summed E-state index contributed by atoms with van der Waals surface area (Å²) in [5.74, 6) is -0.273. The van der Waals surface area contributed by atoms with Gasteiger partial charge in [0.25, 0.3) is 5.91 Å². The molecule has 0 aromatic heterocycles. The molecule has 0 radical (unpaired) electrons. The number of nitrogens with zero attached hydrogens (tertiary/aromatic N) is 1. The fourth-order valence-electron chi connectivity index (χ4n) is 2.59. The third-order valence-corrected chi connectivity index (χ3v) is 3.84. The Bertz CT molecular complexity index is 569. The van der Waals surface area contributed by atoms with E-state index >= 15 is 0 Å². The van der Waals surface area contributed by atoms with E-state index in [-0.39, 0.29) is 5.91 Å². The first-order chi connectivity index (χ1) is 9.95. The Labute approximate surface area is 125 Å². The van der Waals surface area contributed by atoms with Crippen molar-refractivity contribution in [1.29, 1.82) is 0 Å². The van der Waals surface area contributed by atoms with Crippen LogP contribution in [0.15, 0.2) is 24.3 Å². The SMILES string of the molecule is Cc1cc(/C=C/C(=O)O)cc(C(=O)N2CCC(C)CC2)c1. The van der Waals surface area contributed by atoms with E-state index in [1.165, 1.54) is 6.08 Å². The molecule has 0 saturated carbocycles. The predicted octanol–water partition coefficient (Wildman–Crippen LogP) is 2.96. The highest BCUT2D eigenvalue weighted by atomic mass is 16.4. The van der Waals surface area contributed by atoms with Crippen molar-refractivity contribution in [1.82, 2.24) is 4.90 Å². The van der Waals surface area contributed by atoms with Gasteiger partial charge in [-0.25, -0.2) is 4.79 Å². The van der Waals surface area contributed by atoms with Crippen molar-refractivity contribution in [3.8, 4) is 0 Å². The van der Waals surface area contributed by atoms with Crippen molar-refractivity contribution in [2.75, 3.05) is 13.1 Å². The molecular weight excluding hydrogens is 266 g/mol. The van der Waals surface area contributed by atoms with Crippen molar-refractivity contribution < 1.29 is 14.7 Å². The Morgan fingerprint density at radius 2 is 1.90 bits per heavy atom. The van der Waals surface area contributed by atoms with Crippen molar-refractivity contribution in [2.24, 2.45) is 5.92 Å². The predicted molar refractivity (Wildman–Crippen MR) is 82.2 cm³/mol. The van der Waals surface area contributed by atoms with Gasteiger partial charge in [0.1, 0.15) is 0 Å². The van der Waals surface area contributed by atoms with Gasteiger partial charge in [-0.2, -0.15) is 0 Å². The van der Waals surface area contributed by atoms with Crippen LogP contribution in [0, 0.1) is 12.8 Å². The first kappa shape index (κ1) is 15.3. The van der Waals surface area contributed by atoms with Gasteiger partial charge in [0, 0.05) is 24.7 Å². The Balaban J connectivity index is 2.19. The molecule has 1 fully saturated rings. The lowest BCUT2D eigenvalue weighted by Crippen LogP contribution is -2.37. The molecule has 1 N–H and O–H groups in total. The van der Waals surface area contributed by atoms with Crippen LogP contribution in [0.1, 0.15) is 41.3 Å². The number of carbonyl (C=O) groups excluding carboxylic acids is 1. The maximum Gasteiger partial charge on any atom is 0.328 e. The lowest BCUT2D eigenvalue weighted by Gasteiger charge is -2.30. The second kappa shape index (κ2) is 6.57. The topological polar surface area (TPSA) is 57.6 Å². The maximum absolute atomic E-state index is 12.5. The van der Waals surface area contributed by atoms with Crippen molar-refractivity contribution >= 4 is 18.0 Å². The summed E-state index contributed by atoms with van der Waals surface area (Å²) in [6, 6.07) is 5.49. The summed E-state index contributed by atoms with van der Waals surface area (Å²) in [5, 5.41) is 8.69. The normalized spacial score (nSPS) is 16.4.